The van der Waals surface area contributed by atoms with Gasteiger partial charge < -0.3 is 14.4 Å². The maximum atomic E-state index is 13.2. The van der Waals surface area contributed by atoms with Crippen molar-refractivity contribution in [1.82, 2.24) is 19.4 Å². The van der Waals surface area contributed by atoms with Crippen molar-refractivity contribution >= 4 is 22.8 Å². The highest BCUT2D eigenvalue weighted by Gasteiger charge is 2.37. The van der Waals surface area contributed by atoms with Gasteiger partial charge in [0.05, 0.1) is 11.4 Å². The molecular formula is C19H25N5OS. The largest absolute Gasteiger partial charge is 0.337 e. The van der Waals surface area contributed by atoms with Gasteiger partial charge >= 0.3 is 0 Å². The fourth-order valence-corrected chi connectivity index (χ4v) is 5.39. The number of likely N-dealkylation sites (tertiary alicyclic amines) is 1. The van der Waals surface area contributed by atoms with E-state index < -0.39 is 0 Å². The molecule has 1 unspecified atom stereocenters. The predicted octanol–water partition coefficient (Wildman–Crippen LogP) is 2.65. The summed E-state index contributed by atoms with van der Waals surface area (Å²) in [5.74, 6) is 2.53. The molecule has 0 N–H and O–H groups in total. The number of rotatable bonds is 4. The smallest absolute Gasteiger partial charge is 0.262 e. The van der Waals surface area contributed by atoms with E-state index in [9.17, 15) is 4.79 Å². The number of aliphatic imine (C=N–C) groups is 1. The van der Waals surface area contributed by atoms with Crippen molar-refractivity contribution in [3.05, 3.63) is 28.8 Å². The number of allylic oxidation sites excluding steroid dienone is 1. The summed E-state index contributed by atoms with van der Waals surface area (Å²) in [7, 11) is 0. The number of amides is 1. The quantitative estimate of drug-likeness (QED) is 0.816. The Morgan fingerprint density at radius 3 is 3.00 bits per heavy atom. The van der Waals surface area contributed by atoms with Gasteiger partial charge in [-0.05, 0) is 50.3 Å². The van der Waals surface area contributed by atoms with Crippen LogP contribution in [0.4, 0.5) is 0 Å². The standard InChI is InChI=1S/C19H25N5OS/c1-13-16(26-19-21-7-10-24(13)19)18(25)23-8-2-3-15(12-23)17-20-6-9-22(17)11-14-4-5-14/h6,9,14-15H,2-5,7-8,10-12H2,1H3. The molecule has 2 fully saturated rings. The summed E-state index contributed by atoms with van der Waals surface area (Å²) in [6, 6.07) is 0. The Morgan fingerprint density at radius 1 is 1.31 bits per heavy atom. The van der Waals surface area contributed by atoms with Crippen LogP contribution in [0.5, 0.6) is 0 Å². The number of carbonyl (C=O) groups is 1. The summed E-state index contributed by atoms with van der Waals surface area (Å²) in [5.41, 5.74) is 1.08. The normalized spacial score (nSPS) is 25.7. The van der Waals surface area contributed by atoms with E-state index in [1.54, 1.807) is 11.8 Å². The van der Waals surface area contributed by atoms with Crippen LogP contribution in [0, 0.1) is 5.92 Å². The molecule has 1 saturated heterocycles. The minimum absolute atomic E-state index is 0.176. The second-order valence-corrected chi connectivity index (χ2v) is 8.78. The van der Waals surface area contributed by atoms with E-state index in [1.165, 1.54) is 18.7 Å². The fraction of sp³-hybridized carbons (Fsp3) is 0.632. The number of carbonyl (C=O) groups excluding carboxylic acids is 1. The molecule has 4 heterocycles. The van der Waals surface area contributed by atoms with E-state index >= 15 is 0 Å². The Morgan fingerprint density at radius 2 is 2.19 bits per heavy atom. The van der Waals surface area contributed by atoms with Gasteiger partial charge in [-0.2, -0.15) is 0 Å². The van der Waals surface area contributed by atoms with Crippen molar-refractivity contribution in [2.45, 2.75) is 45.1 Å². The van der Waals surface area contributed by atoms with E-state index in [1.807, 2.05) is 11.1 Å². The van der Waals surface area contributed by atoms with Crippen LogP contribution in [-0.4, -0.2) is 56.6 Å². The lowest BCUT2D eigenvalue weighted by Gasteiger charge is -2.33. The van der Waals surface area contributed by atoms with Crippen molar-refractivity contribution in [3.63, 3.8) is 0 Å². The minimum Gasteiger partial charge on any atom is -0.337 e. The van der Waals surface area contributed by atoms with Gasteiger partial charge in [-0.25, -0.2) is 4.98 Å². The molecule has 0 aromatic carbocycles. The van der Waals surface area contributed by atoms with Crippen LogP contribution in [-0.2, 0) is 11.3 Å². The number of hydrogen-bond acceptors (Lipinski definition) is 5. The Bertz CT molecular complexity index is 794. The Kier molecular flexibility index (Phi) is 4.07. The molecule has 1 atom stereocenters. The van der Waals surface area contributed by atoms with Crippen LogP contribution in [0.2, 0.25) is 0 Å². The van der Waals surface area contributed by atoms with Crippen molar-refractivity contribution in [2.75, 3.05) is 26.2 Å². The average Bonchev–Trinajstić information content (AvgIpc) is 3.05. The highest BCUT2D eigenvalue weighted by molar-refractivity contribution is 8.18. The van der Waals surface area contributed by atoms with Crippen LogP contribution in [0.1, 0.15) is 44.3 Å². The average molecular weight is 372 g/mol. The highest BCUT2D eigenvalue weighted by atomic mass is 32.2. The second kappa shape index (κ2) is 6.44. The third kappa shape index (κ3) is 2.86. The van der Waals surface area contributed by atoms with Crippen LogP contribution >= 0.6 is 11.8 Å². The number of hydrogen-bond donors (Lipinski definition) is 0. The van der Waals surface area contributed by atoms with Gasteiger partial charge in [-0.15, -0.1) is 0 Å². The first-order valence-corrected chi connectivity index (χ1v) is 10.5. The Hall–Kier alpha value is -1.76. The van der Waals surface area contributed by atoms with E-state index in [0.717, 1.165) is 67.3 Å². The maximum Gasteiger partial charge on any atom is 0.262 e. The molecule has 0 bridgehead atoms. The van der Waals surface area contributed by atoms with Gasteiger partial charge in [0.1, 0.15) is 5.82 Å². The summed E-state index contributed by atoms with van der Waals surface area (Å²) in [4.78, 5) is 27.4. The molecule has 4 aliphatic rings. The molecule has 1 aromatic heterocycles. The topological polar surface area (TPSA) is 53.7 Å². The van der Waals surface area contributed by atoms with Crippen molar-refractivity contribution in [1.29, 1.82) is 0 Å². The van der Waals surface area contributed by atoms with Gasteiger partial charge in [0.25, 0.3) is 5.91 Å². The van der Waals surface area contributed by atoms with Crippen LogP contribution < -0.4 is 0 Å². The minimum atomic E-state index is 0.176. The number of nitrogens with zero attached hydrogens (tertiary/aromatic N) is 5. The highest BCUT2D eigenvalue weighted by Crippen LogP contribution is 2.38. The number of amidine groups is 1. The van der Waals surface area contributed by atoms with Gasteiger partial charge in [0.15, 0.2) is 5.17 Å². The molecule has 0 radical (unpaired) electrons. The fourth-order valence-electron chi connectivity index (χ4n) is 4.24. The number of piperidine rings is 1. The molecule has 6 nitrogen and oxygen atoms in total. The Balaban J connectivity index is 1.32. The first kappa shape index (κ1) is 16.4. The molecule has 3 aliphatic heterocycles. The van der Waals surface area contributed by atoms with Gasteiger partial charge in [-0.1, -0.05) is 0 Å². The molecule has 5 rings (SSSR count). The summed E-state index contributed by atoms with van der Waals surface area (Å²) in [6.45, 7) is 6.53. The number of imidazole rings is 1. The zero-order valence-electron chi connectivity index (χ0n) is 15.2. The van der Waals surface area contributed by atoms with E-state index in [0.29, 0.717) is 5.92 Å². The predicted molar refractivity (Wildman–Crippen MR) is 103 cm³/mol. The van der Waals surface area contributed by atoms with Crippen LogP contribution in [0.15, 0.2) is 28.0 Å². The lowest BCUT2D eigenvalue weighted by atomic mass is 9.97. The zero-order valence-corrected chi connectivity index (χ0v) is 16.0. The third-order valence-corrected chi connectivity index (χ3v) is 7.10. The maximum absolute atomic E-state index is 13.2. The molecule has 1 amide bonds. The molecular weight excluding hydrogens is 346 g/mol. The first-order chi connectivity index (χ1) is 12.7. The van der Waals surface area contributed by atoms with Crippen LogP contribution in [0.3, 0.4) is 0 Å². The molecule has 0 spiro atoms. The number of aromatic nitrogens is 2. The van der Waals surface area contributed by atoms with Gasteiger partial charge in [-0.3, -0.25) is 9.79 Å². The lowest BCUT2D eigenvalue weighted by Crippen LogP contribution is -2.40. The van der Waals surface area contributed by atoms with Crippen LogP contribution in [0.25, 0.3) is 0 Å². The summed E-state index contributed by atoms with van der Waals surface area (Å²) in [6.07, 6.45) is 8.89. The molecule has 1 aliphatic carbocycles. The zero-order chi connectivity index (χ0) is 17.7. The lowest BCUT2D eigenvalue weighted by molar-refractivity contribution is -0.127. The van der Waals surface area contributed by atoms with E-state index in [2.05, 4.69) is 32.6 Å². The summed E-state index contributed by atoms with van der Waals surface area (Å²) < 4.78 is 2.33. The molecule has 138 valence electrons. The molecule has 26 heavy (non-hydrogen) atoms. The van der Waals surface area contributed by atoms with Crippen molar-refractivity contribution < 1.29 is 4.79 Å². The first-order valence-electron chi connectivity index (χ1n) is 9.71. The van der Waals surface area contributed by atoms with Gasteiger partial charge in [0, 0.05) is 50.2 Å². The number of thioether (sulfide) groups is 1. The molecule has 7 heteroatoms. The molecule has 1 saturated carbocycles. The SMILES string of the molecule is CC1=C(C(=O)N2CCCC(c3nccn3CC3CC3)C2)SC2=NCCN21. The van der Waals surface area contributed by atoms with Crippen molar-refractivity contribution in [2.24, 2.45) is 10.9 Å². The molecule has 1 aromatic rings. The third-order valence-electron chi connectivity index (χ3n) is 5.90. The summed E-state index contributed by atoms with van der Waals surface area (Å²) in [5, 5.41) is 0.999. The number of fused-ring (bicyclic) bond motifs is 1. The van der Waals surface area contributed by atoms with E-state index in [-0.39, 0.29) is 5.91 Å². The summed E-state index contributed by atoms with van der Waals surface area (Å²) >= 11 is 1.55. The van der Waals surface area contributed by atoms with E-state index in [4.69, 9.17) is 0 Å². The van der Waals surface area contributed by atoms with Crippen molar-refractivity contribution in [3.8, 4) is 0 Å². The Labute approximate surface area is 158 Å². The van der Waals surface area contributed by atoms with Gasteiger partial charge in [0.2, 0.25) is 0 Å². The monoisotopic (exact) mass is 371 g/mol. The second-order valence-electron chi connectivity index (χ2n) is 7.80.